The first-order chi connectivity index (χ1) is 16.1. The molecule has 2 heterocycles. The molecule has 1 aliphatic carbocycles. The number of nitrogens with zero attached hydrogens (tertiary/aromatic N) is 3. The van der Waals surface area contributed by atoms with Gasteiger partial charge in [0.15, 0.2) is 0 Å². The van der Waals surface area contributed by atoms with Gasteiger partial charge in [-0.2, -0.15) is 0 Å². The van der Waals surface area contributed by atoms with Crippen molar-refractivity contribution in [1.82, 2.24) is 14.4 Å². The molecule has 33 heavy (non-hydrogen) atoms. The van der Waals surface area contributed by atoms with Crippen LogP contribution in [0.3, 0.4) is 0 Å². The lowest BCUT2D eigenvalue weighted by Gasteiger charge is -2.38. The van der Waals surface area contributed by atoms with Crippen molar-refractivity contribution in [2.24, 2.45) is 5.73 Å². The van der Waals surface area contributed by atoms with E-state index in [-0.39, 0.29) is 5.54 Å². The lowest BCUT2D eigenvalue weighted by molar-refractivity contribution is 0.253. The summed E-state index contributed by atoms with van der Waals surface area (Å²) in [5.74, 6) is 0.693. The largest absolute Gasteiger partial charge is 0.321 e. The number of hydrogen-bond acceptors (Lipinski definition) is 3. The average molecular weight is 431 g/mol. The third kappa shape index (κ3) is 3.53. The van der Waals surface area contributed by atoms with Crippen molar-refractivity contribution in [3.05, 3.63) is 102 Å². The molecular formula is C29H26N4. The molecular weight excluding hydrogens is 404 g/mol. The Bertz CT molecular complexity index is 1430. The van der Waals surface area contributed by atoms with Gasteiger partial charge in [-0.05, 0) is 37.3 Å². The van der Waals surface area contributed by atoms with E-state index in [1.807, 2.05) is 10.5 Å². The van der Waals surface area contributed by atoms with E-state index >= 15 is 0 Å². The first-order valence-corrected chi connectivity index (χ1v) is 11.5. The highest BCUT2D eigenvalue weighted by atomic mass is 15.1. The van der Waals surface area contributed by atoms with E-state index in [0.717, 1.165) is 46.5 Å². The zero-order valence-corrected chi connectivity index (χ0v) is 18.7. The van der Waals surface area contributed by atoms with E-state index < -0.39 is 0 Å². The number of aromatic nitrogens is 3. The van der Waals surface area contributed by atoms with Gasteiger partial charge < -0.3 is 5.73 Å². The molecule has 0 amide bonds. The van der Waals surface area contributed by atoms with Crippen molar-refractivity contribution in [3.63, 3.8) is 0 Å². The number of aryl methyl sites for hydroxylation is 1. The number of rotatable bonds is 4. The van der Waals surface area contributed by atoms with Crippen LogP contribution in [0.5, 0.6) is 0 Å². The van der Waals surface area contributed by atoms with E-state index in [9.17, 15) is 0 Å². The number of benzene rings is 3. The van der Waals surface area contributed by atoms with E-state index in [1.165, 1.54) is 17.5 Å². The minimum Gasteiger partial charge on any atom is -0.321 e. The van der Waals surface area contributed by atoms with Crippen LogP contribution in [0.15, 0.2) is 91.3 Å². The Balaban J connectivity index is 1.49. The summed E-state index contributed by atoms with van der Waals surface area (Å²) in [6, 6.07) is 27.5. The molecule has 4 nitrogen and oxygen atoms in total. The molecule has 2 aromatic heterocycles. The lowest BCUT2D eigenvalue weighted by atomic mass is 9.72. The summed E-state index contributed by atoms with van der Waals surface area (Å²) in [6.45, 7) is 2.09. The molecule has 0 saturated heterocycles. The molecule has 3 aromatic carbocycles. The molecule has 2 N–H and O–H groups in total. The van der Waals surface area contributed by atoms with Crippen molar-refractivity contribution in [2.45, 2.75) is 31.7 Å². The van der Waals surface area contributed by atoms with Crippen LogP contribution in [-0.4, -0.2) is 14.4 Å². The molecule has 1 aliphatic rings. The third-order valence-corrected chi connectivity index (χ3v) is 6.86. The smallest absolute Gasteiger partial charge is 0.234 e. The third-order valence-electron chi connectivity index (χ3n) is 6.86. The van der Waals surface area contributed by atoms with Crippen molar-refractivity contribution in [2.75, 3.05) is 0 Å². The molecule has 4 heteroatoms. The second-order valence-corrected chi connectivity index (χ2v) is 9.16. The first-order valence-electron chi connectivity index (χ1n) is 11.5. The molecule has 1 saturated carbocycles. The predicted octanol–water partition coefficient (Wildman–Crippen LogP) is 6.38. The van der Waals surface area contributed by atoms with Crippen LogP contribution < -0.4 is 5.73 Å². The van der Waals surface area contributed by atoms with Crippen LogP contribution >= 0.6 is 0 Å². The fourth-order valence-corrected chi connectivity index (χ4v) is 4.64. The molecule has 0 bridgehead atoms. The molecule has 0 radical (unpaired) electrons. The van der Waals surface area contributed by atoms with Gasteiger partial charge in [-0.3, -0.25) is 4.40 Å². The normalized spacial score (nSPS) is 14.8. The molecule has 1 fully saturated rings. The number of imidazole rings is 1. The molecule has 0 aliphatic heterocycles. The van der Waals surface area contributed by atoms with Crippen LogP contribution in [0.1, 0.15) is 30.4 Å². The highest BCUT2D eigenvalue weighted by Crippen LogP contribution is 2.40. The number of fused-ring (bicyclic) bond motifs is 1. The Morgan fingerprint density at radius 1 is 0.758 bits per heavy atom. The summed E-state index contributed by atoms with van der Waals surface area (Å²) in [5, 5.41) is 0. The van der Waals surface area contributed by atoms with Crippen LogP contribution in [0.2, 0.25) is 0 Å². The fourth-order valence-electron chi connectivity index (χ4n) is 4.64. The van der Waals surface area contributed by atoms with Crippen molar-refractivity contribution >= 4 is 5.78 Å². The van der Waals surface area contributed by atoms with Crippen molar-refractivity contribution < 1.29 is 0 Å². The second kappa shape index (κ2) is 7.68. The zero-order chi connectivity index (χ0) is 22.4. The van der Waals surface area contributed by atoms with E-state index in [1.54, 1.807) is 0 Å². The van der Waals surface area contributed by atoms with Crippen LogP contribution in [0.4, 0.5) is 0 Å². The first kappa shape index (κ1) is 19.9. The van der Waals surface area contributed by atoms with Gasteiger partial charge in [-0.1, -0.05) is 84.4 Å². The summed E-state index contributed by atoms with van der Waals surface area (Å²) < 4.78 is 2.03. The minimum atomic E-state index is -0.163. The number of hydrogen-bond donors (Lipinski definition) is 1. The average Bonchev–Trinajstić information content (AvgIpc) is 3.26. The zero-order valence-electron chi connectivity index (χ0n) is 18.7. The maximum atomic E-state index is 6.55. The van der Waals surface area contributed by atoms with Crippen LogP contribution in [-0.2, 0) is 5.54 Å². The van der Waals surface area contributed by atoms with Gasteiger partial charge in [0.1, 0.15) is 0 Å². The van der Waals surface area contributed by atoms with Gasteiger partial charge in [0, 0.05) is 34.6 Å². The van der Waals surface area contributed by atoms with E-state index in [0.29, 0.717) is 5.78 Å². The van der Waals surface area contributed by atoms with E-state index in [2.05, 4.69) is 92.1 Å². The summed E-state index contributed by atoms with van der Waals surface area (Å²) in [6.07, 6.45) is 7.52. The van der Waals surface area contributed by atoms with Gasteiger partial charge in [0.2, 0.25) is 5.78 Å². The Kier molecular flexibility index (Phi) is 4.63. The monoisotopic (exact) mass is 430 g/mol. The Labute approximate surface area is 193 Å². The van der Waals surface area contributed by atoms with Crippen LogP contribution in [0.25, 0.3) is 39.4 Å². The lowest BCUT2D eigenvalue weighted by Crippen LogP contribution is -2.43. The van der Waals surface area contributed by atoms with Crippen LogP contribution in [0, 0.1) is 6.92 Å². The van der Waals surface area contributed by atoms with Crippen molar-refractivity contribution in [1.29, 1.82) is 0 Å². The molecule has 5 aromatic rings. The van der Waals surface area contributed by atoms with Gasteiger partial charge in [-0.15, -0.1) is 0 Å². The maximum absolute atomic E-state index is 6.55. The second-order valence-electron chi connectivity index (χ2n) is 9.16. The van der Waals surface area contributed by atoms with Gasteiger partial charge in [0.05, 0.1) is 11.4 Å². The Morgan fingerprint density at radius 3 is 2.12 bits per heavy atom. The standard InChI is InChI=1S/C29H26N4/c1-20-8-10-22(11-9-20)26-19-33-18-25(21-6-3-2-4-7-21)27(32-28(33)31-26)23-12-14-24(15-13-23)29(30)16-5-17-29/h2-4,6-15,18-19H,5,16-17,30H2,1H3. The summed E-state index contributed by atoms with van der Waals surface area (Å²) in [5.41, 5.74) is 15.1. The topological polar surface area (TPSA) is 56.2 Å². The SMILES string of the molecule is Cc1ccc(-c2cn3cc(-c4ccccc4)c(-c4ccc(C5(N)CCC5)cc4)nc3n2)cc1. The van der Waals surface area contributed by atoms with E-state index in [4.69, 9.17) is 15.7 Å². The summed E-state index contributed by atoms with van der Waals surface area (Å²) in [4.78, 5) is 9.88. The van der Waals surface area contributed by atoms with Gasteiger partial charge in [0.25, 0.3) is 0 Å². The fraction of sp³-hybridized carbons (Fsp3) is 0.172. The van der Waals surface area contributed by atoms with Gasteiger partial charge >= 0.3 is 0 Å². The Hall–Kier alpha value is -3.76. The Morgan fingerprint density at radius 2 is 1.45 bits per heavy atom. The predicted molar refractivity (Wildman–Crippen MR) is 134 cm³/mol. The maximum Gasteiger partial charge on any atom is 0.234 e. The molecule has 0 atom stereocenters. The highest BCUT2D eigenvalue weighted by Gasteiger charge is 2.34. The molecule has 6 rings (SSSR count). The molecule has 0 spiro atoms. The summed E-state index contributed by atoms with van der Waals surface area (Å²) >= 11 is 0. The highest BCUT2D eigenvalue weighted by molar-refractivity contribution is 5.81. The minimum absolute atomic E-state index is 0.163. The molecule has 0 unspecified atom stereocenters. The van der Waals surface area contributed by atoms with Crippen molar-refractivity contribution in [3.8, 4) is 33.6 Å². The quantitative estimate of drug-likeness (QED) is 0.360. The van der Waals surface area contributed by atoms with Gasteiger partial charge in [-0.25, -0.2) is 9.97 Å². The summed E-state index contributed by atoms with van der Waals surface area (Å²) in [7, 11) is 0. The number of nitrogens with two attached hydrogens (primary N) is 1. The molecule has 162 valence electrons.